The van der Waals surface area contributed by atoms with Crippen molar-refractivity contribution >= 4 is 10.0 Å². The van der Waals surface area contributed by atoms with E-state index in [1.165, 1.54) is 0 Å². The summed E-state index contributed by atoms with van der Waals surface area (Å²) in [6.07, 6.45) is 0.321. The highest BCUT2D eigenvalue weighted by molar-refractivity contribution is 7.89. The Balaban J connectivity index is 2.34. The van der Waals surface area contributed by atoms with Gasteiger partial charge in [0.1, 0.15) is 17.5 Å². The highest BCUT2D eigenvalue weighted by Gasteiger charge is 2.37. The molecule has 118 valence electrons. The Bertz CT molecular complexity index is 622. The van der Waals surface area contributed by atoms with Crippen LogP contribution in [-0.2, 0) is 10.0 Å². The van der Waals surface area contributed by atoms with Gasteiger partial charge in [-0.25, -0.2) is 21.6 Å². The molecule has 1 heterocycles. The summed E-state index contributed by atoms with van der Waals surface area (Å²) < 4.78 is 65.2. The van der Waals surface area contributed by atoms with Crippen LogP contribution in [0.2, 0.25) is 0 Å². The number of hydrogen-bond donors (Lipinski definition) is 2. The maximum Gasteiger partial charge on any atom is 0.248 e. The van der Waals surface area contributed by atoms with Crippen LogP contribution in [0.15, 0.2) is 17.0 Å². The van der Waals surface area contributed by atoms with Crippen LogP contribution in [0.25, 0.3) is 0 Å². The second-order valence-electron chi connectivity index (χ2n) is 5.11. The van der Waals surface area contributed by atoms with Crippen molar-refractivity contribution in [2.75, 3.05) is 26.7 Å². The molecule has 0 saturated carbocycles. The van der Waals surface area contributed by atoms with Crippen LogP contribution in [0.3, 0.4) is 0 Å². The van der Waals surface area contributed by atoms with Gasteiger partial charge in [-0.3, -0.25) is 0 Å². The topological polar surface area (TPSA) is 69.6 Å². The van der Waals surface area contributed by atoms with Crippen molar-refractivity contribution in [3.05, 3.63) is 29.6 Å². The van der Waals surface area contributed by atoms with Crippen LogP contribution in [0, 0.1) is 17.5 Å². The fourth-order valence-corrected chi connectivity index (χ4v) is 3.63. The number of β-amino-alcohol motifs (C(OH)–C–C–N with tert-alkyl or cyclic N) is 1. The number of halogens is 3. The number of aliphatic hydroxyl groups is 1. The number of sulfonamides is 1. The Kier molecular flexibility index (Phi) is 4.29. The Morgan fingerprint density at radius 3 is 2.38 bits per heavy atom. The smallest absolute Gasteiger partial charge is 0.248 e. The van der Waals surface area contributed by atoms with Crippen LogP contribution in [-0.4, -0.2) is 50.1 Å². The zero-order valence-electron chi connectivity index (χ0n) is 11.2. The quantitative estimate of drug-likeness (QED) is 0.844. The minimum atomic E-state index is -4.51. The van der Waals surface area contributed by atoms with Gasteiger partial charge in [-0.05, 0) is 13.0 Å². The van der Waals surface area contributed by atoms with Gasteiger partial charge in [0.05, 0.1) is 5.60 Å². The largest absolute Gasteiger partial charge is 0.387 e. The summed E-state index contributed by atoms with van der Waals surface area (Å²) in [5.74, 6) is -4.21. The number of benzene rings is 1. The van der Waals surface area contributed by atoms with Gasteiger partial charge in [0.2, 0.25) is 10.0 Å². The second kappa shape index (κ2) is 5.56. The van der Waals surface area contributed by atoms with Crippen LogP contribution in [0.4, 0.5) is 13.2 Å². The summed E-state index contributed by atoms with van der Waals surface area (Å²) in [7, 11) is -3.41. The molecule has 0 amide bonds. The lowest BCUT2D eigenvalue weighted by Crippen LogP contribution is -2.45. The third-order valence-corrected chi connectivity index (χ3v) is 5.23. The predicted octanol–water partition coefficient (Wildman–Crippen LogP) is 0.449. The number of nitrogens with zero attached hydrogens (tertiary/aromatic N) is 1. The molecule has 2 N–H and O–H groups in total. The SMILES string of the molecule is CN(CC1(O)CCNC1)S(=O)(=O)c1c(F)cc(F)cc1F. The van der Waals surface area contributed by atoms with Gasteiger partial charge >= 0.3 is 0 Å². The van der Waals surface area contributed by atoms with Crippen LogP contribution < -0.4 is 5.32 Å². The van der Waals surface area contributed by atoms with E-state index < -0.39 is 38.0 Å². The van der Waals surface area contributed by atoms with Crippen molar-refractivity contribution < 1.29 is 26.7 Å². The molecule has 21 heavy (non-hydrogen) atoms. The van der Waals surface area contributed by atoms with E-state index in [4.69, 9.17) is 0 Å². The van der Waals surface area contributed by atoms with Gasteiger partial charge in [-0.1, -0.05) is 0 Å². The summed E-state index contributed by atoms with van der Waals surface area (Å²) in [5.41, 5.74) is -1.30. The van der Waals surface area contributed by atoms with Gasteiger partial charge in [0, 0.05) is 32.3 Å². The summed E-state index contributed by atoms with van der Waals surface area (Å²) in [5, 5.41) is 13.0. The summed E-state index contributed by atoms with van der Waals surface area (Å²) >= 11 is 0. The number of likely N-dealkylation sites (N-methyl/N-ethyl adjacent to an activating group) is 1. The predicted molar refractivity (Wildman–Crippen MR) is 68.6 cm³/mol. The number of hydrogen-bond acceptors (Lipinski definition) is 4. The average Bonchev–Trinajstić information content (AvgIpc) is 2.73. The van der Waals surface area contributed by atoms with E-state index in [9.17, 15) is 26.7 Å². The summed E-state index contributed by atoms with van der Waals surface area (Å²) in [4.78, 5) is -1.22. The summed E-state index contributed by atoms with van der Waals surface area (Å²) in [6, 6.07) is 0.602. The molecule has 9 heteroatoms. The Morgan fingerprint density at radius 2 is 1.90 bits per heavy atom. The van der Waals surface area contributed by atoms with Crippen molar-refractivity contribution in [3.63, 3.8) is 0 Å². The molecule has 0 bridgehead atoms. The Labute approximate surface area is 120 Å². The number of nitrogens with one attached hydrogen (secondary N) is 1. The van der Waals surface area contributed by atoms with E-state index in [2.05, 4.69) is 5.32 Å². The highest BCUT2D eigenvalue weighted by Crippen LogP contribution is 2.25. The van der Waals surface area contributed by atoms with E-state index >= 15 is 0 Å². The minimum absolute atomic E-state index is 0.182. The van der Waals surface area contributed by atoms with Crippen LogP contribution >= 0.6 is 0 Å². The van der Waals surface area contributed by atoms with Gasteiger partial charge in [-0.15, -0.1) is 0 Å². The number of rotatable bonds is 4. The first-order valence-corrected chi connectivity index (χ1v) is 7.64. The minimum Gasteiger partial charge on any atom is -0.387 e. The van der Waals surface area contributed by atoms with Crippen molar-refractivity contribution in [2.24, 2.45) is 0 Å². The fraction of sp³-hybridized carbons (Fsp3) is 0.500. The average molecular weight is 324 g/mol. The van der Waals surface area contributed by atoms with Gasteiger partial charge in [-0.2, -0.15) is 4.31 Å². The zero-order valence-corrected chi connectivity index (χ0v) is 12.1. The molecule has 1 aliphatic rings. The molecule has 1 fully saturated rings. The van der Waals surface area contributed by atoms with Crippen molar-refractivity contribution in [2.45, 2.75) is 16.9 Å². The van der Waals surface area contributed by atoms with Gasteiger partial charge in [0.25, 0.3) is 0 Å². The molecule has 0 spiro atoms. The van der Waals surface area contributed by atoms with E-state index in [1.807, 2.05) is 0 Å². The third-order valence-electron chi connectivity index (χ3n) is 3.37. The maximum absolute atomic E-state index is 13.6. The van der Waals surface area contributed by atoms with Crippen LogP contribution in [0.1, 0.15) is 6.42 Å². The fourth-order valence-electron chi connectivity index (χ4n) is 2.30. The molecule has 1 aromatic carbocycles. The normalized spacial score (nSPS) is 23.0. The lowest BCUT2D eigenvalue weighted by molar-refractivity contribution is 0.0461. The third kappa shape index (κ3) is 3.20. The van der Waals surface area contributed by atoms with Gasteiger partial charge < -0.3 is 10.4 Å². The monoisotopic (exact) mass is 324 g/mol. The first-order chi connectivity index (χ1) is 9.66. The Hall–Kier alpha value is -1.16. The molecular formula is C12H15F3N2O3S. The second-order valence-corrected chi connectivity index (χ2v) is 7.09. The molecule has 5 nitrogen and oxygen atoms in total. The molecule has 1 aliphatic heterocycles. The van der Waals surface area contributed by atoms with E-state index in [-0.39, 0.29) is 13.1 Å². The molecule has 1 saturated heterocycles. The molecule has 1 unspecified atom stereocenters. The van der Waals surface area contributed by atoms with Gasteiger partial charge in [0.15, 0.2) is 4.90 Å². The molecule has 2 rings (SSSR count). The molecular weight excluding hydrogens is 309 g/mol. The Morgan fingerprint density at radius 1 is 1.33 bits per heavy atom. The maximum atomic E-state index is 13.6. The van der Waals surface area contributed by atoms with Crippen LogP contribution in [0.5, 0.6) is 0 Å². The zero-order chi connectivity index (χ0) is 15.8. The highest BCUT2D eigenvalue weighted by atomic mass is 32.2. The molecule has 1 aromatic rings. The molecule has 0 aliphatic carbocycles. The van der Waals surface area contributed by atoms with E-state index in [0.717, 1.165) is 7.05 Å². The molecule has 1 atom stereocenters. The summed E-state index contributed by atoms with van der Waals surface area (Å²) in [6.45, 7) is 0.378. The lowest BCUT2D eigenvalue weighted by Gasteiger charge is -2.27. The van der Waals surface area contributed by atoms with E-state index in [0.29, 0.717) is 29.4 Å². The van der Waals surface area contributed by atoms with E-state index in [1.54, 1.807) is 0 Å². The first kappa shape index (κ1) is 16.2. The standard InChI is InChI=1S/C12H15F3N2O3S/c1-17(7-12(18)2-3-16-6-12)21(19,20)11-9(14)4-8(13)5-10(11)15/h4-5,16,18H,2-3,6-7H2,1H3. The lowest BCUT2D eigenvalue weighted by atomic mass is 10.0. The first-order valence-electron chi connectivity index (χ1n) is 6.20. The molecule has 0 radical (unpaired) electrons. The molecule has 0 aromatic heterocycles. The van der Waals surface area contributed by atoms with Crippen molar-refractivity contribution in [3.8, 4) is 0 Å². The van der Waals surface area contributed by atoms with Crippen molar-refractivity contribution in [1.82, 2.24) is 9.62 Å². The van der Waals surface area contributed by atoms with Crippen molar-refractivity contribution in [1.29, 1.82) is 0 Å².